The maximum Gasteiger partial charge on any atom is 0.123 e. The third kappa shape index (κ3) is 2.78. The van der Waals surface area contributed by atoms with Gasteiger partial charge in [0.05, 0.1) is 11.6 Å². The van der Waals surface area contributed by atoms with Gasteiger partial charge in [0.1, 0.15) is 5.82 Å². The number of hydrazine groups is 1. The number of methoxy groups -OCH3 is 1. The molecule has 0 aliphatic carbocycles. The molecule has 1 rings (SSSR count). The Morgan fingerprint density at radius 3 is 2.44 bits per heavy atom. The zero-order valence-corrected chi connectivity index (χ0v) is 10.2. The number of benzene rings is 1. The van der Waals surface area contributed by atoms with Gasteiger partial charge < -0.3 is 4.74 Å². The van der Waals surface area contributed by atoms with Crippen molar-refractivity contribution in [1.82, 2.24) is 5.43 Å². The van der Waals surface area contributed by atoms with Crippen molar-refractivity contribution in [1.29, 1.82) is 0 Å². The Kier molecular flexibility index (Phi) is 4.02. The molecule has 0 saturated heterocycles. The van der Waals surface area contributed by atoms with E-state index < -0.39 is 5.60 Å². The Bertz CT molecular complexity index is 346. The molecule has 0 aliphatic heterocycles. The van der Waals surface area contributed by atoms with Crippen LogP contribution in [0, 0.1) is 12.7 Å². The molecule has 0 saturated carbocycles. The van der Waals surface area contributed by atoms with Gasteiger partial charge in [-0.05, 0) is 44.0 Å². The van der Waals surface area contributed by atoms with Gasteiger partial charge in [0.2, 0.25) is 0 Å². The number of hydrogen-bond donors (Lipinski definition) is 2. The number of nitrogens with two attached hydrogens (primary N) is 1. The van der Waals surface area contributed by atoms with Gasteiger partial charge in [0.25, 0.3) is 0 Å². The summed E-state index contributed by atoms with van der Waals surface area (Å²) in [6, 6.07) is 4.59. The lowest BCUT2D eigenvalue weighted by molar-refractivity contribution is -0.0112. The molecule has 1 aromatic carbocycles. The van der Waals surface area contributed by atoms with E-state index >= 15 is 0 Å². The predicted octanol–water partition coefficient (Wildman–Crippen LogP) is 2.06. The fraction of sp³-hybridized carbons (Fsp3) is 0.500. The smallest absolute Gasteiger partial charge is 0.123 e. The van der Waals surface area contributed by atoms with Crippen molar-refractivity contribution >= 4 is 0 Å². The van der Waals surface area contributed by atoms with Crippen LogP contribution in [0.25, 0.3) is 0 Å². The first-order valence-corrected chi connectivity index (χ1v) is 5.19. The van der Waals surface area contributed by atoms with E-state index in [1.165, 1.54) is 12.1 Å². The van der Waals surface area contributed by atoms with Crippen molar-refractivity contribution < 1.29 is 9.13 Å². The fourth-order valence-electron chi connectivity index (χ4n) is 1.75. The lowest BCUT2D eigenvalue weighted by Crippen LogP contribution is -2.44. The summed E-state index contributed by atoms with van der Waals surface area (Å²) in [7, 11) is 1.61. The molecule has 0 heterocycles. The highest BCUT2D eigenvalue weighted by Gasteiger charge is 2.30. The Labute approximate surface area is 95.8 Å². The SMILES string of the molecule is COC(C)(C)C(NN)c1cc(C)cc(F)c1. The van der Waals surface area contributed by atoms with Crippen LogP contribution in [0.5, 0.6) is 0 Å². The summed E-state index contributed by atoms with van der Waals surface area (Å²) >= 11 is 0. The number of halogens is 1. The molecule has 0 fully saturated rings. The van der Waals surface area contributed by atoms with E-state index in [1.807, 2.05) is 26.8 Å². The molecule has 3 nitrogen and oxygen atoms in total. The number of aryl methyl sites for hydroxylation is 1. The largest absolute Gasteiger partial charge is 0.377 e. The second-order valence-electron chi connectivity index (χ2n) is 4.47. The minimum Gasteiger partial charge on any atom is -0.377 e. The van der Waals surface area contributed by atoms with Crippen molar-refractivity contribution in [3.05, 3.63) is 35.1 Å². The van der Waals surface area contributed by atoms with E-state index in [-0.39, 0.29) is 11.9 Å². The normalized spacial score (nSPS) is 13.9. The highest BCUT2D eigenvalue weighted by Crippen LogP contribution is 2.28. The first-order valence-electron chi connectivity index (χ1n) is 5.19. The predicted molar refractivity (Wildman–Crippen MR) is 62.3 cm³/mol. The van der Waals surface area contributed by atoms with Crippen molar-refractivity contribution in [2.45, 2.75) is 32.4 Å². The lowest BCUT2D eigenvalue weighted by Gasteiger charge is -2.33. The van der Waals surface area contributed by atoms with Crippen molar-refractivity contribution in [3.8, 4) is 0 Å². The molecule has 16 heavy (non-hydrogen) atoms. The molecule has 0 amide bonds. The zero-order valence-electron chi connectivity index (χ0n) is 10.2. The van der Waals surface area contributed by atoms with E-state index in [9.17, 15) is 4.39 Å². The first-order chi connectivity index (χ1) is 7.40. The van der Waals surface area contributed by atoms with E-state index in [4.69, 9.17) is 10.6 Å². The Morgan fingerprint density at radius 1 is 1.38 bits per heavy atom. The van der Waals surface area contributed by atoms with Crippen LogP contribution in [0.1, 0.15) is 31.0 Å². The minimum absolute atomic E-state index is 0.258. The highest BCUT2D eigenvalue weighted by molar-refractivity contribution is 5.28. The Hall–Kier alpha value is -0.970. The van der Waals surface area contributed by atoms with E-state index in [1.54, 1.807) is 7.11 Å². The summed E-state index contributed by atoms with van der Waals surface area (Å²) < 4.78 is 18.7. The molecule has 90 valence electrons. The van der Waals surface area contributed by atoms with Crippen molar-refractivity contribution in [2.24, 2.45) is 5.84 Å². The molecular weight excluding hydrogens is 207 g/mol. The van der Waals surface area contributed by atoms with Crippen LogP contribution in [0.2, 0.25) is 0 Å². The van der Waals surface area contributed by atoms with Gasteiger partial charge in [-0.15, -0.1) is 0 Å². The molecule has 1 unspecified atom stereocenters. The molecule has 1 atom stereocenters. The summed E-state index contributed by atoms with van der Waals surface area (Å²) in [5.41, 5.74) is 3.81. The highest BCUT2D eigenvalue weighted by atomic mass is 19.1. The van der Waals surface area contributed by atoms with Crippen molar-refractivity contribution in [3.63, 3.8) is 0 Å². The van der Waals surface area contributed by atoms with Gasteiger partial charge in [-0.1, -0.05) is 6.07 Å². The van der Waals surface area contributed by atoms with E-state index in [0.717, 1.165) is 11.1 Å². The van der Waals surface area contributed by atoms with Gasteiger partial charge >= 0.3 is 0 Å². The average molecular weight is 226 g/mol. The number of nitrogens with one attached hydrogen (secondary N) is 1. The van der Waals surface area contributed by atoms with Gasteiger partial charge in [-0.3, -0.25) is 11.3 Å². The lowest BCUT2D eigenvalue weighted by atomic mass is 9.91. The van der Waals surface area contributed by atoms with Crippen LogP contribution < -0.4 is 11.3 Å². The summed E-state index contributed by atoms with van der Waals surface area (Å²) in [6.07, 6.45) is 0. The molecule has 0 aliphatic rings. The standard InChI is InChI=1S/C12H19FN2O/c1-8-5-9(7-10(13)6-8)11(15-14)12(2,3)16-4/h5-7,11,15H,14H2,1-4H3. The first kappa shape index (κ1) is 13.1. The van der Waals surface area contributed by atoms with Gasteiger partial charge in [-0.2, -0.15) is 0 Å². The summed E-state index contributed by atoms with van der Waals surface area (Å²) in [5, 5.41) is 0. The van der Waals surface area contributed by atoms with Gasteiger partial charge in [0.15, 0.2) is 0 Å². The van der Waals surface area contributed by atoms with Crippen LogP contribution in [0.15, 0.2) is 18.2 Å². The molecule has 0 aromatic heterocycles. The second kappa shape index (κ2) is 4.91. The van der Waals surface area contributed by atoms with Gasteiger partial charge in [-0.25, -0.2) is 4.39 Å². The molecule has 0 radical (unpaired) electrons. The topological polar surface area (TPSA) is 47.3 Å². The quantitative estimate of drug-likeness (QED) is 0.610. The monoisotopic (exact) mass is 226 g/mol. The third-order valence-corrected chi connectivity index (χ3v) is 2.79. The summed E-state index contributed by atoms with van der Waals surface area (Å²) in [6.45, 7) is 5.65. The maximum absolute atomic E-state index is 13.3. The maximum atomic E-state index is 13.3. The van der Waals surface area contributed by atoms with Crippen LogP contribution in [0.3, 0.4) is 0 Å². The molecule has 3 N–H and O–H groups in total. The summed E-state index contributed by atoms with van der Waals surface area (Å²) in [4.78, 5) is 0. The third-order valence-electron chi connectivity index (χ3n) is 2.79. The van der Waals surface area contributed by atoms with Crippen LogP contribution in [-0.4, -0.2) is 12.7 Å². The van der Waals surface area contributed by atoms with Crippen LogP contribution in [0.4, 0.5) is 4.39 Å². The fourth-order valence-corrected chi connectivity index (χ4v) is 1.75. The second-order valence-corrected chi connectivity index (χ2v) is 4.47. The average Bonchev–Trinajstić information content (AvgIpc) is 2.16. The summed E-state index contributed by atoms with van der Waals surface area (Å²) in [5.74, 6) is 5.25. The molecule has 0 spiro atoms. The Morgan fingerprint density at radius 2 is 2.00 bits per heavy atom. The minimum atomic E-state index is -0.505. The Balaban J connectivity index is 3.13. The molecular formula is C12H19FN2O. The number of ether oxygens (including phenoxy) is 1. The zero-order chi connectivity index (χ0) is 12.3. The number of hydrogen-bond acceptors (Lipinski definition) is 3. The number of rotatable bonds is 4. The van der Waals surface area contributed by atoms with Crippen LogP contribution in [-0.2, 0) is 4.74 Å². The van der Waals surface area contributed by atoms with Crippen LogP contribution >= 0.6 is 0 Å². The molecule has 0 bridgehead atoms. The molecule has 4 heteroatoms. The van der Waals surface area contributed by atoms with E-state index in [0.29, 0.717) is 0 Å². The van der Waals surface area contributed by atoms with Gasteiger partial charge in [0, 0.05) is 7.11 Å². The molecule has 1 aromatic rings. The van der Waals surface area contributed by atoms with Crippen molar-refractivity contribution in [2.75, 3.05) is 7.11 Å². The van der Waals surface area contributed by atoms with E-state index in [2.05, 4.69) is 5.43 Å².